The predicted octanol–water partition coefficient (Wildman–Crippen LogP) is 4.33. The first-order valence-corrected chi connectivity index (χ1v) is 11.9. The van der Waals surface area contributed by atoms with Crippen molar-refractivity contribution in [1.29, 1.82) is 0 Å². The first-order chi connectivity index (χ1) is 17.6. The molecule has 0 aliphatic rings. The number of fused-ring (bicyclic) bond motifs is 1. The Morgan fingerprint density at radius 3 is 2.67 bits per heavy atom. The lowest BCUT2D eigenvalue weighted by atomic mass is 10.1. The molecular weight excluding hydrogens is 458 g/mol. The lowest BCUT2D eigenvalue weighted by Crippen LogP contribution is -2.10. The number of para-hydroxylation sites is 1. The van der Waals surface area contributed by atoms with Crippen molar-refractivity contribution < 1.29 is 14.3 Å². The molecule has 0 unspecified atom stereocenters. The Bertz CT molecular complexity index is 1480. The lowest BCUT2D eigenvalue weighted by molar-refractivity contribution is 0.0528. The number of ether oxygens (including phenoxy) is 2. The van der Waals surface area contributed by atoms with E-state index in [1.807, 2.05) is 71.6 Å². The molecule has 0 saturated carbocycles. The minimum atomic E-state index is -0.376. The highest BCUT2D eigenvalue weighted by Crippen LogP contribution is 2.28. The number of aromatic nitrogens is 7. The third-order valence-electron chi connectivity index (χ3n) is 5.75. The van der Waals surface area contributed by atoms with Gasteiger partial charge in [0.25, 0.3) is 6.01 Å². The summed E-state index contributed by atoms with van der Waals surface area (Å²) in [5, 5.41) is 14.4. The van der Waals surface area contributed by atoms with Gasteiger partial charge in [-0.2, -0.15) is 10.2 Å². The molecule has 0 fully saturated rings. The van der Waals surface area contributed by atoms with E-state index in [0.29, 0.717) is 48.2 Å². The number of imidazole rings is 1. The van der Waals surface area contributed by atoms with Gasteiger partial charge in [-0.1, -0.05) is 25.1 Å². The van der Waals surface area contributed by atoms with Crippen LogP contribution in [0.25, 0.3) is 28.2 Å². The van der Waals surface area contributed by atoms with E-state index in [4.69, 9.17) is 9.47 Å². The van der Waals surface area contributed by atoms with Crippen LogP contribution in [0.5, 0.6) is 6.01 Å². The van der Waals surface area contributed by atoms with Crippen molar-refractivity contribution in [2.75, 3.05) is 13.2 Å². The zero-order valence-corrected chi connectivity index (χ0v) is 20.4. The summed E-state index contributed by atoms with van der Waals surface area (Å²) in [6.45, 7) is 7.17. The number of nitrogens with one attached hydrogen (secondary N) is 1. The number of aromatic amines is 1. The van der Waals surface area contributed by atoms with Gasteiger partial charge in [0.1, 0.15) is 0 Å². The minimum Gasteiger partial charge on any atom is -0.465 e. The van der Waals surface area contributed by atoms with Crippen molar-refractivity contribution in [3.05, 3.63) is 71.4 Å². The van der Waals surface area contributed by atoms with Gasteiger partial charge in [0.05, 0.1) is 42.0 Å². The van der Waals surface area contributed by atoms with Crippen molar-refractivity contribution in [3.8, 4) is 23.2 Å². The maximum atomic E-state index is 12.7. The van der Waals surface area contributed by atoms with Gasteiger partial charge in [-0.05, 0) is 66.9 Å². The number of carbonyl (C=O) groups is 1. The van der Waals surface area contributed by atoms with E-state index < -0.39 is 0 Å². The number of esters is 1. The summed E-state index contributed by atoms with van der Waals surface area (Å²) < 4.78 is 15.2. The summed E-state index contributed by atoms with van der Waals surface area (Å²) in [7, 11) is 0. The average Bonchev–Trinajstić information content (AvgIpc) is 3.62. The molecule has 5 aromatic rings. The summed E-state index contributed by atoms with van der Waals surface area (Å²) in [6.07, 6.45) is 2.88. The molecule has 3 aromatic heterocycles. The van der Waals surface area contributed by atoms with Crippen molar-refractivity contribution in [1.82, 2.24) is 34.7 Å². The Hall–Kier alpha value is -4.47. The van der Waals surface area contributed by atoms with Gasteiger partial charge in [0.15, 0.2) is 0 Å². The highest BCUT2D eigenvalue weighted by atomic mass is 16.5. The molecule has 1 N–H and O–H groups in total. The van der Waals surface area contributed by atoms with Crippen LogP contribution >= 0.6 is 0 Å². The summed E-state index contributed by atoms with van der Waals surface area (Å²) in [5.41, 5.74) is 5.80. The number of hydrogen-bond acceptors (Lipinski definition) is 7. The van der Waals surface area contributed by atoms with Crippen molar-refractivity contribution in [2.45, 2.75) is 33.7 Å². The first kappa shape index (κ1) is 23.3. The predicted molar refractivity (Wildman–Crippen MR) is 134 cm³/mol. The molecule has 10 heteroatoms. The second-order valence-corrected chi connectivity index (χ2v) is 8.40. The molecule has 0 atom stereocenters. The van der Waals surface area contributed by atoms with Crippen LogP contribution in [0.3, 0.4) is 0 Å². The number of aryl methyl sites for hydroxylation is 1. The van der Waals surface area contributed by atoms with Crippen molar-refractivity contribution in [2.24, 2.45) is 0 Å². The van der Waals surface area contributed by atoms with Crippen LogP contribution in [-0.4, -0.2) is 53.9 Å². The fourth-order valence-corrected chi connectivity index (χ4v) is 4.18. The molecule has 5 rings (SSSR count). The minimum absolute atomic E-state index is 0.300. The number of hydrogen-bond donors (Lipinski definition) is 1. The molecule has 0 bridgehead atoms. The van der Waals surface area contributed by atoms with Gasteiger partial charge in [-0.15, -0.1) is 10.2 Å². The molecule has 0 saturated heterocycles. The number of benzene rings is 2. The first-order valence-electron chi connectivity index (χ1n) is 11.9. The molecule has 0 amide bonds. The van der Waals surface area contributed by atoms with E-state index in [2.05, 4.69) is 25.6 Å². The Morgan fingerprint density at radius 1 is 1.11 bits per heavy atom. The van der Waals surface area contributed by atoms with Crippen LogP contribution in [0.2, 0.25) is 0 Å². The molecule has 0 aliphatic carbocycles. The molecule has 0 aliphatic heterocycles. The van der Waals surface area contributed by atoms with E-state index in [-0.39, 0.29) is 5.97 Å². The van der Waals surface area contributed by atoms with E-state index >= 15 is 0 Å². The van der Waals surface area contributed by atoms with Gasteiger partial charge in [-0.25, -0.2) is 4.79 Å². The van der Waals surface area contributed by atoms with Crippen LogP contribution in [0.15, 0.2) is 54.7 Å². The molecular formula is C26H27N7O3. The molecule has 3 heterocycles. The monoisotopic (exact) mass is 485 g/mol. The Labute approximate surface area is 207 Å². The quantitative estimate of drug-likeness (QED) is 0.309. The average molecular weight is 486 g/mol. The molecule has 10 nitrogen and oxygen atoms in total. The van der Waals surface area contributed by atoms with Crippen LogP contribution in [0.4, 0.5) is 0 Å². The van der Waals surface area contributed by atoms with E-state index in [9.17, 15) is 4.79 Å². The van der Waals surface area contributed by atoms with Gasteiger partial charge in [-0.3, -0.25) is 4.57 Å². The number of rotatable bonds is 9. The number of nitrogens with zero attached hydrogens (tertiary/aromatic N) is 6. The number of H-pyrrole nitrogens is 1. The molecule has 36 heavy (non-hydrogen) atoms. The standard InChI is InChI=1S/C26H27N7O3/c1-4-13-36-26-27-21-8-6-7-20(25(34)35-5-2)23(21)33(26)16-18-9-11-19(12-10-18)32-15-17(3)14-22(32)24-28-30-31-29-24/h6-12,14-15H,4-5,13,16H2,1-3H3,(H,28,29,30,31). The fourth-order valence-electron chi connectivity index (χ4n) is 4.18. The highest BCUT2D eigenvalue weighted by Gasteiger charge is 2.20. The van der Waals surface area contributed by atoms with Gasteiger partial charge >= 0.3 is 5.97 Å². The van der Waals surface area contributed by atoms with E-state index in [1.165, 1.54) is 0 Å². The Morgan fingerprint density at radius 2 is 1.94 bits per heavy atom. The molecule has 0 radical (unpaired) electrons. The van der Waals surface area contributed by atoms with Crippen LogP contribution < -0.4 is 4.74 Å². The number of tetrazole rings is 1. The smallest absolute Gasteiger partial charge is 0.340 e. The largest absolute Gasteiger partial charge is 0.465 e. The Balaban J connectivity index is 1.51. The molecule has 184 valence electrons. The summed E-state index contributed by atoms with van der Waals surface area (Å²) >= 11 is 0. The van der Waals surface area contributed by atoms with Crippen molar-refractivity contribution >= 4 is 17.0 Å². The normalized spacial score (nSPS) is 11.2. The van der Waals surface area contributed by atoms with Crippen molar-refractivity contribution in [3.63, 3.8) is 0 Å². The SMILES string of the molecule is CCCOc1nc2cccc(C(=O)OCC)c2n1Cc1ccc(-n2cc(C)cc2-c2nn[nH]n2)cc1. The van der Waals surface area contributed by atoms with Gasteiger partial charge < -0.3 is 14.0 Å². The van der Waals surface area contributed by atoms with Crippen LogP contribution in [-0.2, 0) is 11.3 Å². The zero-order chi connectivity index (χ0) is 25.1. The zero-order valence-electron chi connectivity index (χ0n) is 20.4. The summed E-state index contributed by atoms with van der Waals surface area (Å²) in [6, 6.07) is 16.1. The van der Waals surface area contributed by atoms with E-state index in [0.717, 1.165) is 28.9 Å². The maximum Gasteiger partial charge on any atom is 0.340 e. The lowest BCUT2D eigenvalue weighted by Gasteiger charge is -2.13. The summed E-state index contributed by atoms with van der Waals surface area (Å²) in [4.78, 5) is 17.4. The maximum absolute atomic E-state index is 12.7. The van der Waals surface area contributed by atoms with Gasteiger partial charge in [0, 0.05) is 11.9 Å². The third kappa shape index (κ3) is 4.45. The van der Waals surface area contributed by atoms with E-state index in [1.54, 1.807) is 13.0 Å². The second-order valence-electron chi connectivity index (χ2n) is 8.40. The molecule has 0 spiro atoms. The third-order valence-corrected chi connectivity index (χ3v) is 5.75. The topological polar surface area (TPSA) is 113 Å². The number of carbonyl (C=O) groups excluding carboxylic acids is 1. The van der Waals surface area contributed by atoms with Crippen LogP contribution in [0, 0.1) is 6.92 Å². The second kappa shape index (κ2) is 10.0. The van der Waals surface area contributed by atoms with Gasteiger partial charge in [0.2, 0.25) is 5.82 Å². The fraction of sp³-hybridized carbons (Fsp3) is 0.269. The highest BCUT2D eigenvalue weighted by molar-refractivity contribution is 6.02. The van der Waals surface area contributed by atoms with Crippen LogP contribution in [0.1, 0.15) is 41.8 Å². The molecule has 2 aromatic carbocycles. The summed E-state index contributed by atoms with van der Waals surface area (Å²) in [5.74, 6) is 0.153. The Kier molecular flexibility index (Phi) is 6.48.